The second-order valence-corrected chi connectivity index (χ2v) is 5.18. The number of nitrogens with one attached hydrogen (secondary N) is 1. The second kappa shape index (κ2) is 4.81. The van der Waals surface area contributed by atoms with Crippen molar-refractivity contribution in [3.05, 3.63) is 33.0 Å². The molecule has 1 aliphatic rings. The first-order valence-corrected chi connectivity index (χ1v) is 6.18. The topological polar surface area (TPSA) is 12.0 Å². The van der Waals surface area contributed by atoms with Crippen LogP contribution in [0.15, 0.2) is 16.6 Å². The Labute approximate surface area is 102 Å². The van der Waals surface area contributed by atoms with Crippen LogP contribution >= 0.6 is 27.5 Å². The molecule has 0 amide bonds. The molecule has 1 saturated heterocycles. The van der Waals surface area contributed by atoms with Gasteiger partial charge < -0.3 is 5.32 Å². The van der Waals surface area contributed by atoms with Gasteiger partial charge in [-0.2, -0.15) is 0 Å². The van der Waals surface area contributed by atoms with E-state index < -0.39 is 0 Å². The molecule has 1 aromatic rings. The van der Waals surface area contributed by atoms with Crippen LogP contribution in [0.25, 0.3) is 0 Å². The molecule has 1 atom stereocenters. The lowest BCUT2D eigenvalue weighted by Gasteiger charge is -2.10. The summed E-state index contributed by atoms with van der Waals surface area (Å²) in [5.41, 5.74) is 0.750. The highest BCUT2D eigenvalue weighted by atomic mass is 79.9. The number of hydrogen-bond donors (Lipinski definition) is 1. The van der Waals surface area contributed by atoms with Gasteiger partial charge in [0.1, 0.15) is 5.82 Å². The maximum absolute atomic E-state index is 13.6. The summed E-state index contributed by atoms with van der Waals surface area (Å²) in [4.78, 5) is 0. The lowest BCUT2D eigenvalue weighted by atomic mass is 9.98. The Kier molecular flexibility index (Phi) is 3.65. The van der Waals surface area contributed by atoms with Crippen LogP contribution in [0.3, 0.4) is 0 Å². The average Bonchev–Trinajstić information content (AvgIpc) is 2.67. The summed E-state index contributed by atoms with van der Waals surface area (Å²) < 4.78 is 14.3. The zero-order valence-corrected chi connectivity index (χ0v) is 10.5. The maximum atomic E-state index is 13.6. The highest BCUT2D eigenvalue weighted by molar-refractivity contribution is 9.10. The molecule has 1 nitrogen and oxygen atoms in total. The van der Waals surface area contributed by atoms with E-state index in [1.807, 2.05) is 0 Å². The highest BCUT2D eigenvalue weighted by Gasteiger charge is 2.17. The summed E-state index contributed by atoms with van der Waals surface area (Å²) in [6.45, 7) is 2.03. The zero-order valence-electron chi connectivity index (χ0n) is 8.19. The molecule has 1 fully saturated rings. The molecule has 0 aliphatic carbocycles. The van der Waals surface area contributed by atoms with E-state index in [1.54, 1.807) is 6.07 Å². The molecule has 2 rings (SSSR count). The first-order valence-electron chi connectivity index (χ1n) is 5.01. The third-order valence-corrected chi connectivity index (χ3v) is 3.96. The van der Waals surface area contributed by atoms with Crippen molar-refractivity contribution in [3.8, 4) is 0 Å². The van der Waals surface area contributed by atoms with E-state index in [4.69, 9.17) is 11.6 Å². The van der Waals surface area contributed by atoms with Gasteiger partial charge in [0.25, 0.3) is 0 Å². The Morgan fingerprint density at radius 3 is 3.00 bits per heavy atom. The Bertz CT molecular complexity index is 364. The van der Waals surface area contributed by atoms with Crippen LogP contribution in [-0.2, 0) is 6.42 Å². The molecule has 15 heavy (non-hydrogen) atoms. The van der Waals surface area contributed by atoms with Crippen LogP contribution in [-0.4, -0.2) is 13.1 Å². The van der Waals surface area contributed by atoms with Crippen LogP contribution in [0.5, 0.6) is 0 Å². The second-order valence-electron chi connectivity index (χ2n) is 3.92. The number of halogens is 3. The summed E-state index contributed by atoms with van der Waals surface area (Å²) in [5, 5.41) is 3.71. The summed E-state index contributed by atoms with van der Waals surface area (Å²) >= 11 is 9.12. The first-order chi connectivity index (χ1) is 7.16. The Hall–Kier alpha value is -0.120. The van der Waals surface area contributed by atoms with Gasteiger partial charge in [0, 0.05) is 4.47 Å². The van der Waals surface area contributed by atoms with Crippen molar-refractivity contribution in [1.29, 1.82) is 0 Å². The van der Waals surface area contributed by atoms with Crippen LogP contribution < -0.4 is 5.32 Å². The van der Waals surface area contributed by atoms with E-state index >= 15 is 0 Å². The fourth-order valence-electron chi connectivity index (χ4n) is 1.92. The van der Waals surface area contributed by atoms with Crippen molar-refractivity contribution in [1.82, 2.24) is 5.32 Å². The predicted molar refractivity (Wildman–Crippen MR) is 63.8 cm³/mol. The standard InChI is InChI=1S/C11H12BrClFN/c12-9-4-8(11(14)5-10(9)13)3-7-1-2-15-6-7/h4-5,7,15H,1-3,6H2. The number of rotatable bonds is 2. The van der Waals surface area contributed by atoms with Gasteiger partial charge in [-0.05, 0) is 65.5 Å². The van der Waals surface area contributed by atoms with Crippen molar-refractivity contribution < 1.29 is 4.39 Å². The third kappa shape index (κ3) is 2.71. The van der Waals surface area contributed by atoms with E-state index in [0.717, 1.165) is 36.0 Å². The molecule has 4 heteroatoms. The minimum atomic E-state index is -0.199. The van der Waals surface area contributed by atoms with Crippen molar-refractivity contribution in [2.45, 2.75) is 12.8 Å². The van der Waals surface area contributed by atoms with Gasteiger partial charge in [0.05, 0.1) is 5.02 Å². The van der Waals surface area contributed by atoms with Gasteiger partial charge in [-0.15, -0.1) is 0 Å². The van der Waals surface area contributed by atoms with Crippen LogP contribution in [0.2, 0.25) is 5.02 Å². The number of hydrogen-bond acceptors (Lipinski definition) is 1. The lowest BCUT2D eigenvalue weighted by molar-refractivity contribution is 0.543. The monoisotopic (exact) mass is 291 g/mol. The van der Waals surface area contributed by atoms with Crippen LogP contribution in [0.1, 0.15) is 12.0 Å². The first kappa shape index (κ1) is 11.4. The summed E-state index contributed by atoms with van der Waals surface area (Å²) in [6.07, 6.45) is 1.91. The van der Waals surface area contributed by atoms with Crippen molar-refractivity contribution in [2.24, 2.45) is 5.92 Å². The van der Waals surface area contributed by atoms with E-state index in [9.17, 15) is 4.39 Å². The molecular weight excluding hydrogens is 280 g/mol. The SMILES string of the molecule is Fc1cc(Cl)c(Br)cc1CC1CCNC1. The van der Waals surface area contributed by atoms with Gasteiger partial charge in [-0.1, -0.05) is 11.6 Å². The molecule has 0 spiro atoms. The molecule has 1 aliphatic heterocycles. The summed E-state index contributed by atoms with van der Waals surface area (Å²) in [6, 6.07) is 3.17. The molecule has 1 heterocycles. The highest BCUT2D eigenvalue weighted by Crippen LogP contribution is 2.27. The minimum absolute atomic E-state index is 0.199. The van der Waals surface area contributed by atoms with Crippen molar-refractivity contribution in [2.75, 3.05) is 13.1 Å². The van der Waals surface area contributed by atoms with E-state index in [-0.39, 0.29) is 5.82 Å². The predicted octanol–water partition coefficient (Wildman–Crippen LogP) is 3.39. The molecular formula is C11H12BrClFN. The number of benzene rings is 1. The molecule has 1 N–H and O–H groups in total. The Balaban J connectivity index is 2.16. The molecule has 1 aromatic carbocycles. The van der Waals surface area contributed by atoms with Gasteiger partial charge in [-0.25, -0.2) is 4.39 Å². The molecule has 0 radical (unpaired) electrons. The normalized spacial score (nSPS) is 20.9. The maximum Gasteiger partial charge on any atom is 0.127 e. The van der Waals surface area contributed by atoms with Gasteiger partial charge >= 0.3 is 0 Å². The quantitative estimate of drug-likeness (QED) is 0.824. The Morgan fingerprint density at radius 2 is 2.33 bits per heavy atom. The summed E-state index contributed by atoms with van der Waals surface area (Å²) in [7, 11) is 0. The van der Waals surface area contributed by atoms with Gasteiger partial charge in [0.2, 0.25) is 0 Å². The van der Waals surface area contributed by atoms with E-state index in [2.05, 4.69) is 21.2 Å². The smallest absolute Gasteiger partial charge is 0.127 e. The van der Waals surface area contributed by atoms with Crippen molar-refractivity contribution in [3.63, 3.8) is 0 Å². The van der Waals surface area contributed by atoms with E-state index in [0.29, 0.717) is 10.9 Å². The fourth-order valence-corrected chi connectivity index (χ4v) is 2.46. The largest absolute Gasteiger partial charge is 0.316 e. The fraction of sp³-hybridized carbons (Fsp3) is 0.455. The average molecular weight is 293 g/mol. The van der Waals surface area contributed by atoms with E-state index in [1.165, 1.54) is 6.07 Å². The zero-order chi connectivity index (χ0) is 10.8. The molecule has 0 aromatic heterocycles. The molecule has 0 saturated carbocycles. The minimum Gasteiger partial charge on any atom is -0.316 e. The van der Waals surface area contributed by atoms with Gasteiger partial charge in [-0.3, -0.25) is 0 Å². The third-order valence-electron chi connectivity index (χ3n) is 2.76. The Morgan fingerprint density at radius 1 is 1.53 bits per heavy atom. The molecule has 1 unspecified atom stereocenters. The molecule has 0 bridgehead atoms. The van der Waals surface area contributed by atoms with Gasteiger partial charge in [0.15, 0.2) is 0 Å². The molecule has 82 valence electrons. The summed E-state index contributed by atoms with van der Waals surface area (Å²) in [5.74, 6) is 0.350. The lowest BCUT2D eigenvalue weighted by Crippen LogP contribution is -2.11. The van der Waals surface area contributed by atoms with Crippen LogP contribution in [0, 0.1) is 11.7 Å². The van der Waals surface area contributed by atoms with Crippen molar-refractivity contribution >= 4 is 27.5 Å². The van der Waals surface area contributed by atoms with Crippen LogP contribution in [0.4, 0.5) is 4.39 Å².